The maximum absolute atomic E-state index is 5.88. The van der Waals surface area contributed by atoms with Gasteiger partial charge in [-0.3, -0.25) is 0 Å². The van der Waals surface area contributed by atoms with E-state index in [0.717, 1.165) is 11.6 Å². The molecule has 1 aliphatic rings. The lowest BCUT2D eigenvalue weighted by molar-refractivity contribution is 0.782. The van der Waals surface area contributed by atoms with Crippen molar-refractivity contribution < 1.29 is 0 Å². The van der Waals surface area contributed by atoms with E-state index in [4.69, 9.17) is 5.73 Å². The highest BCUT2D eigenvalue weighted by molar-refractivity contribution is 7.99. The van der Waals surface area contributed by atoms with Crippen molar-refractivity contribution in [3.63, 3.8) is 0 Å². The lowest BCUT2D eigenvalue weighted by atomic mass is 9.97. The van der Waals surface area contributed by atoms with Crippen molar-refractivity contribution in [1.29, 1.82) is 0 Å². The monoisotopic (exact) mass is 193 g/mol. The summed E-state index contributed by atoms with van der Waals surface area (Å²) in [7, 11) is 0. The Kier molecular flexibility index (Phi) is 2.49. The van der Waals surface area contributed by atoms with Gasteiger partial charge in [0.05, 0.1) is 0 Å². The normalized spacial score (nSPS) is 22.1. The average molecular weight is 193 g/mol. The zero-order chi connectivity index (χ0) is 9.26. The molecule has 70 valence electrons. The van der Waals surface area contributed by atoms with E-state index in [2.05, 4.69) is 25.1 Å². The topological polar surface area (TPSA) is 26.0 Å². The molecule has 13 heavy (non-hydrogen) atoms. The van der Waals surface area contributed by atoms with E-state index >= 15 is 0 Å². The van der Waals surface area contributed by atoms with Gasteiger partial charge < -0.3 is 5.73 Å². The number of nitrogens with two attached hydrogens (primary N) is 1. The van der Waals surface area contributed by atoms with E-state index in [0.29, 0.717) is 0 Å². The SMILES string of the molecule is Cc1ccc(C2CCSC2)cc1N. The van der Waals surface area contributed by atoms with Crippen LogP contribution in [0.2, 0.25) is 0 Å². The number of thioether (sulfide) groups is 1. The largest absolute Gasteiger partial charge is 0.399 e. The fourth-order valence-electron chi connectivity index (χ4n) is 1.71. The third-order valence-electron chi connectivity index (χ3n) is 2.70. The minimum atomic E-state index is 0.743. The standard InChI is InChI=1S/C11H15NS/c1-8-2-3-9(6-11(8)12)10-4-5-13-7-10/h2-3,6,10H,4-5,7,12H2,1H3. The summed E-state index contributed by atoms with van der Waals surface area (Å²) in [6.45, 7) is 2.06. The predicted molar refractivity (Wildman–Crippen MR) is 60.3 cm³/mol. The smallest absolute Gasteiger partial charge is 0.0346 e. The molecule has 2 N–H and O–H groups in total. The molecule has 1 heterocycles. The zero-order valence-electron chi connectivity index (χ0n) is 7.92. The lowest BCUT2D eigenvalue weighted by Crippen LogP contribution is -1.98. The summed E-state index contributed by atoms with van der Waals surface area (Å²) in [5, 5.41) is 0. The molecule has 1 aromatic carbocycles. The van der Waals surface area contributed by atoms with Gasteiger partial charge in [0.15, 0.2) is 0 Å². The maximum Gasteiger partial charge on any atom is 0.0346 e. The van der Waals surface area contributed by atoms with Crippen LogP contribution in [0.3, 0.4) is 0 Å². The number of hydrogen-bond donors (Lipinski definition) is 1. The Morgan fingerprint density at radius 3 is 2.92 bits per heavy atom. The Morgan fingerprint density at radius 2 is 2.31 bits per heavy atom. The van der Waals surface area contributed by atoms with E-state index in [-0.39, 0.29) is 0 Å². The molecule has 0 aliphatic carbocycles. The van der Waals surface area contributed by atoms with Crippen LogP contribution < -0.4 is 5.73 Å². The first kappa shape index (κ1) is 8.95. The highest BCUT2D eigenvalue weighted by Gasteiger charge is 2.17. The van der Waals surface area contributed by atoms with Gasteiger partial charge in [-0.1, -0.05) is 12.1 Å². The molecular formula is C11H15NS. The fraction of sp³-hybridized carbons (Fsp3) is 0.455. The maximum atomic E-state index is 5.88. The summed E-state index contributed by atoms with van der Waals surface area (Å²) in [6, 6.07) is 6.50. The fourth-order valence-corrected chi connectivity index (χ4v) is 2.97. The van der Waals surface area contributed by atoms with Gasteiger partial charge in [-0.05, 0) is 42.2 Å². The van der Waals surface area contributed by atoms with E-state index in [1.807, 2.05) is 11.8 Å². The van der Waals surface area contributed by atoms with Crippen LogP contribution in [-0.4, -0.2) is 11.5 Å². The van der Waals surface area contributed by atoms with Crippen molar-refractivity contribution in [2.45, 2.75) is 19.3 Å². The van der Waals surface area contributed by atoms with Crippen LogP contribution in [0.5, 0.6) is 0 Å². The molecule has 1 nitrogen and oxygen atoms in total. The molecule has 0 aromatic heterocycles. The molecule has 1 fully saturated rings. The number of rotatable bonds is 1. The van der Waals surface area contributed by atoms with Crippen molar-refractivity contribution in [3.8, 4) is 0 Å². The van der Waals surface area contributed by atoms with Gasteiger partial charge >= 0.3 is 0 Å². The van der Waals surface area contributed by atoms with Gasteiger partial charge in [0, 0.05) is 11.4 Å². The third kappa shape index (κ3) is 1.83. The molecule has 1 saturated heterocycles. The van der Waals surface area contributed by atoms with Gasteiger partial charge in [-0.15, -0.1) is 0 Å². The molecule has 0 spiro atoms. The van der Waals surface area contributed by atoms with Gasteiger partial charge in [-0.25, -0.2) is 0 Å². The molecule has 0 bridgehead atoms. The highest BCUT2D eigenvalue weighted by atomic mass is 32.2. The first-order valence-electron chi connectivity index (χ1n) is 4.71. The molecule has 0 radical (unpaired) electrons. The lowest BCUT2D eigenvalue weighted by Gasteiger charge is -2.10. The second-order valence-corrected chi connectivity index (χ2v) is 4.83. The number of hydrogen-bond acceptors (Lipinski definition) is 2. The van der Waals surface area contributed by atoms with Gasteiger partial charge in [0.25, 0.3) is 0 Å². The first-order chi connectivity index (χ1) is 6.27. The minimum absolute atomic E-state index is 0.743. The van der Waals surface area contributed by atoms with Crippen LogP contribution in [0.4, 0.5) is 5.69 Å². The number of anilines is 1. The second-order valence-electron chi connectivity index (χ2n) is 3.68. The van der Waals surface area contributed by atoms with Crippen LogP contribution in [-0.2, 0) is 0 Å². The number of aryl methyl sites for hydroxylation is 1. The summed E-state index contributed by atoms with van der Waals surface area (Å²) in [4.78, 5) is 0. The number of benzene rings is 1. The molecule has 2 heteroatoms. The van der Waals surface area contributed by atoms with Crippen LogP contribution in [0.1, 0.15) is 23.5 Å². The van der Waals surface area contributed by atoms with Crippen LogP contribution in [0.15, 0.2) is 18.2 Å². The summed E-state index contributed by atoms with van der Waals surface area (Å²) < 4.78 is 0. The molecule has 1 aliphatic heterocycles. The van der Waals surface area contributed by atoms with Crippen LogP contribution >= 0.6 is 11.8 Å². The van der Waals surface area contributed by atoms with Crippen molar-refractivity contribution in [1.82, 2.24) is 0 Å². The van der Waals surface area contributed by atoms with Gasteiger partial charge in [-0.2, -0.15) is 11.8 Å². The van der Waals surface area contributed by atoms with Gasteiger partial charge in [0.2, 0.25) is 0 Å². The number of nitrogen functional groups attached to an aromatic ring is 1. The Labute approximate surface area is 83.7 Å². The third-order valence-corrected chi connectivity index (χ3v) is 3.87. The first-order valence-corrected chi connectivity index (χ1v) is 5.86. The molecule has 1 unspecified atom stereocenters. The Balaban J connectivity index is 2.25. The van der Waals surface area contributed by atoms with E-state index < -0.39 is 0 Å². The van der Waals surface area contributed by atoms with Crippen molar-refractivity contribution >= 4 is 17.4 Å². The van der Waals surface area contributed by atoms with E-state index in [1.165, 1.54) is 29.1 Å². The quantitative estimate of drug-likeness (QED) is 0.694. The molecular weight excluding hydrogens is 178 g/mol. The predicted octanol–water partition coefficient (Wildman–Crippen LogP) is 2.80. The molecule has 1 aromatic rings. The Morgan fingerprint density at radius 1 is 1.46 bits per heavy atom. The van der Waals surface area contributed by atoms with Gasteiger partial charge in [0.1, 0.15) is 0 Å². The summed E-state index contributed by atoms with van der Waals surface area (Å²) in [5.74, 6) is 3.31. The molecule has 2 rings (SSSR count). The second kappa shape index (κ2) is 3.62. The van der Waals surface area contributed by atoms with E-state index in [1.54, 1.807) is 0 Å². The highest BCUT2D eigenvalue weighted by Crippen LogP contribution is 2.33. The Hall–Kier alpha value is -0.630. The summed E-state index contributed by atoms with van der Waals surface area (Å²) in [5.41, 5.74) is 9.43. The molecule has 0 saturated carbocycles. The van der Waals surface area contributed by atoms with Crippen molar-refractivity contribution in [2.75, 3.05) is 17.2 Å². The Bertz CT molecular complexity index is 303. The van der Waals surface area contributed by atoms with Crippen LogP contribution in [0.25, 0.3) is 0 Å². The molecule has 0 amide bonds. The van der Waals surface area contributed by atoms with Crippen molar-refractivity contribution in [2.24, 2.45) is 0 Å². The summed E-state index contributed by atoms with van der Waals surface area (Å²) in [6.07, 6.45) is 1.31. The molecule has 1 atom stereocenters. The average Bonchev–Trinajstić information content (AvgIpc) is 2.62. The minimum Gasteiger partial charge on any atom is -0.399 e. The van der Waals surface area contributed by atoms with Crippen molar-refractivity contribution in [3.05, 3.63) is 29.3 Å². The zero-order valence-corrected chi connectivity index (χ0v) is 8.73. The van der Waals surface area contributed by atoms with Crippen LogP contribution in [0, 0.1) is 6.92 Å². The summed E-state index contributed by atoms with van der Waals surface area (Å²) >= 11 is 2.05. The van der Waals surface area contributed by atoms with E-state index in [9.17, 15) is 0 Å².